The van der Waals surface area contributed by atoms with Crippen molar-refractivity contribution in [1.29, 1.82) is 0 Å². The summed E-state index contributed by atoms with van der Waals surface area (Å²) in [6, 6.07) is 12.0. The minimum Gasteiger partial charge on any atom is -0.187 e. The van der Waals surface area contributed by atoms with Gasteiger partial charge in [-0.15, -0.1) is 0 Å². The summed E-state index contributed by atoms with van der Waals surface area (Å²) in [5.74, 6) is 0. The van der Waals surface area contributed by atoms with Crippen molar-refractivity contribution in [2.45, 2.75) is 5.51 Å². The molecule has 0 aliphatic carbocycles. The molecule has 0 fully saturated rings. The minimum absolute atomic E-state index is 2.00. The Kier molecular flexibility index (Phi) is 4.58. The molecule has 0 N–H and O–H groups in total. The van der Waals surface area contributed by atoms with Crippen molar-refractivity contribution < 1.29 is 26.1 Å². The zero-order valence-electron chi connectivity index (χ0n) is 6.73. The molecule has 1 rings (SSSR count). The zero-order valence-corrected chi connectivity index (χ0v) is 7.55. The van der Waals surface area contributed by atoms with Crippen LogP contribution in [0.3, 0.4) is 0 Å². The third-order valence-electron chi connectivity index (χ3n) is 0.950. The van der Waals surface area contributed by atoms with Crippen molar-refractivity contribution >= 4 is 10.1 Å². The van der Waals surface area contributed by atoms with Gasteiger partial charge in [0.05, 0.1) is 0 Å². The average molecular weight is 227 g/mol. The topological polar surface area (TPSA) is 54.0 Å². The first kappa shape index (κ1) is 12.9. The average Bonchev–Trinajstić information content (AvgIpc) is 2.05. The summed E-state index contributed by atoms with van der Waals surface area (Å²) >= 11 is 0. The Morgan fingerprint density at radius 2 is 0.929 bits per heavy atom. The molecule has 0 heterocycles. The molecule has 7 heteroatoms. The second-order valence-corrected chi connectivity index (χ2v) is 3.43. The van der Waals surface area contributed by atoms with Crippen LogP contribution in [0.2, 0.25) is 0 Å². The van der Waals surface area contributed by atoms with Crippen LogP contribution in [0.1, 0.15) is 0 Å². The van der Waals surface area contributed by atoms with Crippen molar-refractivity contribution in [3.05, 3.63) is 36.4 Å². The van der Waals surface area contributed by atoms with E-state index in [-0.39, 0.29) is 0 Å². The van der Waals surface area contributed by atoms with Crippen LogP contribution in [-0.4, -0.2) is 13.9 Å². The molecule has 1 radical (unpaired) electrons. The second kappa shape index (κ2) is 4.97. The van der Waals surface area contributed by atoms with Crippen LogP contribution in [-0.2, 0) is 14.7 Å². The molecule has 1 aromatic carbocycles. The van der Waals surface area contributed by atoms with E-state index in [9.17, 15) is 13.2 Å². The van der Waals surface area contributed by atoms with E-state index >= 15 is 0 Å². The molecule has 14 heavy (non-hydrogen) atoms. The number of hydrogen-bond acceptors (Lipinski definition) is 2. The first-order valence-corrected chi connectivity index (χ1v) is 4.68. The van der Waals surface area contributed by atoms with Crippen molar-refractivity contribution in [2.75, 3.05) is 0 Å². The van der Waals surface area contributed by atoms with Crippen LogP contribution >= 0.6 is 0 Å². The molecule has 1 aromatic rings. The van der Waals surface area contributed by atoms with Crippen molar-refractivity contribution in [3.8, 4) is 0 Å². The zero-order chi connectivity index (χ0) is 11.2. The Hall–Kier alpha value is -1.08. The molecular weight excluding hydrogens is 221 g/mol. The fraction of sp³-hybridized carbons (Fsp3) is 0.143. The second-order valence-electron chi connectivity index (χ2n) is 2.05. The molecular formula is C7H6F3O3S. The summed E-state index contributed by atoms with van der Waals surface area (Å²) in [5, 5.41) is 0. The molecule has 0 unspecified atom stereocenters. The van der Waals surface area contributed by atoms with Gasteiger partial charge in [-0.25, -0.2) is 0 Å². The van der Waals surface area contributed by atoms with Gasteiger partial charge in [0.25, 0.3) is 0 Å². The minimum atomic E-state index is -6.09. The van der Waals surface area contributed by atoms with E-state index in [1.54, 1.807) is 0 Å². The lowest BCUT2D eigenvalue weighted by Gasteiger charge is -1.95. The van der Waals surface area contributed by atoms with E-state index < -0.39 is 15.6 Å². The summed E-state index contributed by atoms with van der Waals surface area (Å²) in [5.41, 5.74) is -5.65. The van der Waals surface area contributed by atoms with Crippen LogP contribution < -0.4 is 0 Å². The highest BCUT2D eigenvalue weighted by Crippen LogP contribution is 2.21. The third-order valence-corrected chi connectivity index (χ3v) is 1.52. The Morgan fingerprint density at radius 3 is 1.00 bits per heavy atom. The van der Waals surface area contributed by atoms with E-state index in [1.165, 1.54) is 0 Å². The van der Waals surface area contributed by atoms with Gasteiger partial charge in [0.15, 0.2) is 0 Å². The highest BCUT2D eigenvalue weighted by atomic mass is 32.2. The molecule has 0 aliphatic rings. The maximum Gasteiger partial charge on any atom is 0.525 e. The van der Waals surface area contributed by atoms with Gasteiger partial charge in [-0.3, -0.25) is 0 Å². The summed E-state index contributed by atoms with van der Waals surface area (Å²) in [6.07, 6.45) is 0. The van der Waals surface area contributed by atoms with Crippen molar-refractivity contribution in [2.24, 2.45) is 0 Å². The van der Waals surface area contributed by atoms with Crippen LogP contribution in [0.25, 0.3) is 0 Å². The fourth-order valence-electron chi connectivity index (χ4n) is 0.385. The summed E-state index contributed by atoms with van der Waals surface area (Å²) in [4.78, 5) is 0. The first-order valence-electron chi connectivity index (χ1n) is 3.27. The van der Waals surface area contributed by atoms with Crippen LogP contribution in [0.15, 0.2) is 36.4 Å². The highest BCUT2D eigenvalue weighted by Gasteiger charge is 2.46. The quantitative estimate of drug-likeness (QED) is 0.636. The number of halogens is 3. The van der Waals surface area contributed by atoms with Crippen molar-refractivity contribution in [3.63, 3.8) is 0 Å². The first-order chi connectivity index (χ1) is 6.25. The molecule has 0 saturated carbocycles. The van der Waals surface area contributed by atoms with Crippen LogP contribution in [0.4, 0.5) is 13.2 Å². The third kappa shape index (κ3) is 5.55. The largest absolute Gasteiger partial charge is 0.525 e. The Morgan fingerprint density at radius 1 is 0.786 bits per heavy atom. The Bertz CT molecular complexity index is 317. The van der Waals surface area contributed by atoms with Gasteiger partial charge < -0.3 is 0 Å². The van der Waals surface area contributed by atoms with E-state index in [2.05, 4.69) is 0 Å². The molecule has 0 saturated heterocycles. The summed E-state index contributed by atoms with van der Waals surface area (Å²) in [6.45, 7) is 0. The van der Waals surface area contributed by atoms with Gasteiger partial charge in [-0.2, -0.15) is 21.6 Å². The van der Waals surface area contributed by atoms with Crippen LogP contribution in [0.5, 0.6) is 0 Å². The van der Waals surface area contributed by atoms with Crippen molar-refractivity contribution in [1.82, 2.24) is 0 Å². The highest BCUT2D eigenvalue weighted by molar-refractivity contribution is 7.86. The van der Waals surface area contributed by atoms with Crippen LogP contribution in [0, 0.1) is 0 Å². The number of benzene rings is 1. The molecule has 0 atom stereocenters. The molecule has 0 aliphatic heterocycles. The molecule has 0 amide bonds. The Balaban J connectivity index is 0.000000249. The molecule has 3 nitrogen and oxygen atoms in total. The molecule has 0 aromatic heterocycles. The molecule has 79 valence electrons. The van der Waals surface area contributed by atoms with E-state index in [0.29, 0.717) is 0 Å². The fourth-order valence-corrected chi connectivity index (χ4v) is 0.385. The van der Waals surface area contributed by atoms with Gasteiger partial charge in [0.1, 0.15) is 0 Å². The Labute approximate surface area is 78.9 Å². The molecule has 0 spiro atoms. The van der Waals surface area contributed by atoms with Gasteiger partial charge >= 0.3 is 15.6 Å². The number of alkyl halides is 3. The van der Waals surface area contributed by atoms with E-state index in [1.807, 2.05) is 36.4 Å². The monoisotopic (exact) mass is 227 g/mol. The van der Waals surface area contributed by atoms with Gasteiger partial charge in [0, 0.05) is 0 Å². The normalized spacial score (nSPS) is 11.4. The lowest BCUT2D eigenvalue weighted by atomic mass is 10.4. The number of hydrogen-bond donors (Lipinski definition) is 0. The maximum absolute atomic E-state index is 10.7. The lowest BCUT2D eigenvalue weighted by Crippen LogP contribution is -2.20. The SMILES string of the molecule is [O]S(=O)(=O)C(F)(F)F.c1ccccc1. The molecule has 0 bridgehead atoms. The van der Waals surface area contributed by atoms with E-state index in [4.69, 9.17) is 13.0 Å². The van der Waals surface area contributed by atoms with Gasteiger partial charge in [0.2, 0.25) is 0 Å². The van der Waals surface area contributed by atoms with E-state index in [0.717, 1.165) is 0 Å². The van der Waals surface area contributed by atoms with Gasteiger partial charge in [-0.05, 0) is 0 Å². The predicted molar refractivity (Wildman–Crippen MR) is 42.1 cm³/mol. The summed E-state index contributed by atoms with van der Waals surface area (Å²) in [7, 11) is -6.09. The number of rotatable bonds is 0. The standard InChI is InChI=1S/C6H6.CF3O3S/c1-2-4-6-5-3-1;2-1(3,4)8(5,6)7/h1-6H;. The maximum atomic E-state index is 10.7. The summed E-state index contributed by atoms with van der Waals surface area (Å²) < 4.78 is 58.9. The lowest BCUT2D eigenvalue weighted by molar-refractivity contribution is -0.0536. The van der Waals surface area contributed by atoms with Gasteiger partial charge in [-0.1, -0.05) is 41.0 Å². The predicted octanol–water partition coefficient (Wildman–Crippen LogP) is 1.95. The smallest absolute Gasteiger partial charge is 0.187 e.